The highest BCUT2D eigenvalue weighted by molar-refractivity contribution is 6.05. The third kappa shape index (κ3) is 3.90. The first kappa shape index (κ1) is 23.7. The van der Waals surface area contributed by atoms with Crippen molar-refractivity contribution < 1.29 is 27.1 Å². The van der Waals surface area contributed by atoms with E-state index in [1.165, 1.54) is 6.20 Å². The summed E-state index contributed by atoms with van der Waals surface area (Å²) in [5.41, 5.74) is 0.148. The van der Waals surface area contributed by atoms with Crippen LogP contribution in [-0.2, 0) is 12.8 Å². The van der Waals surface area contributed by atoms with E-state index in [0.29, 0.717) is 11.1 Å². The molecule has 0 fully saturated rings. The molecule has 2 heterocycles. The molecule has 0 bridgehead atoms. The average molecular weight is 475 g/mol. The standard InChI is InChI=1S/C25H22F5N3O/c1-4-12(2)17-10-32-33-24(17)16-7-15(25(28,29)30)8-20-22(16)18(9-31-20)13(3)21-19(26)6-5-14(11-34)23(21)27/h5-10,12,31,34H,3-4,11H2,1-2H3,(H,32,33). The van der Waals surface area contributed by atoms with Gasteiger partial charge in [0.1, 0.15) is 11.6 Å². The third-order valence-corrected chi connectivity index (χ3v) is 6.16. The van der Waals surface area contributed by atoms with Crippen molar-refractivity contribution in [2.45, 2.75) is 39.0 Å². The van der Waals surface area contributed by atoms with Crippen LogP contribution in [0.15, 0.2) is 43.2 Å². The van der Waals surface area contributed by atoms with Gasteiger partial charge in [-0.05, 0) is 36.1 Å². The lowest BCUT2D eigenvalue weighted by molar-refractivity contribution is -0.137. The molecule has 4 rings (SSSR count). The van der Waals surface area contributed by atoms with Gasteiger partial charge >= 0.3 is 6.18 Å². The lowest BCUT2D eigenvalue weighted by Gasteiger charge is -2.16. The van der Waals surface area contributed by atoms with Gasteiger partial charge < -0.3 is 10.1 Å². The fraction of sp³-hybridized carbons (Fsp3) is 0.240. The summed E-state index contributed by atoms with van der Waals surface area (Å²) in [5, 5.41) is 16.6. The van der Waals surface area contributed by atoms with Gasteiger partial charge in [0.2, 0.25) is 0 Å². The summed E-state index contributed by atoms with van der Waals surface area (Å²) >= 11 is 0. The van der Waals surface area contributed by atoms with Gasteiger partial charge in [-0.3, -0.25) is 5.10 Å². The van der Waals surface area contributed by atoms with E-state index in [-0.39, 0.29) is 33.7 Å². The highest BCUT2D eigenvalue weighted by Gasteiger charge is 2.33. The first-order chi connectivity index (χ1) is 16.1. The summed E-state index contributed by atoms with van der Waals surface area (Å²) in [5.74, 6) is -1.87. The van der Waals surface area contributed by atoms with Crippen LogP contribution in [0.25, 0.3) is 27.7 Å². The topological polar surface area (TPSA) is 64.7 Å². The van der Waals surface area contributed by atoms with Crippen molar-refractivity contribution in [3.63, 3.8) is 0 Å². The number of aromatic nitrogens is 3. The van der Waals surface area contributed by atoms with Gasteiger partial charge in [0.05, 0.1) is 29.6 Å². The molecule has 34 heavy (non-hydrogen) atoms. The highest BCUT2D eigenvalue weighted by Crippen LogP contribution is 2.43. The molecule has 0 aliphatic carbocycles. The van der Waals surface area contributed by atoms with Gasteiger partial charge in [-0.25, -0.2) is 8.78 Å². The van der Waals surface area contributed by atoms with Crippen LogP contribution in [-0.4, -0.2) is 20.3 Å². The summed E-state index contributed by atoms with van der Waals surface area (Å²) in [4.78, 5) is 2.79. The zero-order chi connectivity index (χ0) is 24.8. The summed E-state index contributed by atoms with van der Waals surface area (Å²) in [7, 11) is 0. The van der Waals surface area contributed by atoms with Gasteiger partial charge in [-0.1, -0.05) is 26.5 Å². The van der Waals surface area contributed by atoms with Crippen LogP contribution in [0, 0.1) is 11.6 Å². The van der Waals surface area contributed by atoms with E-state index in [2.05, 4.69) is 21.8 Å². The van der Waals surface area contributed by atoms with Crippen LogP contribution < -0.4 is 0 Å². The molecule has 2 aromatic heterocycles. The summed E-state index contributed by atoms with van der Waals surface area (Å²) in [6.45, 7) is 7.09. The second kappa shape index (κ2) is 8.72. The van der Waals surface area contributed by atoms with Gasteiger partial charge in [0, 0.05) is 39.4 Å². The Hall–Kier alpha value is -3.46. The number of nitrogens with one attached hydrogen (secondary N) is 2. The molecule has 4 aromatic rings. The van der Waals surface area contributed by atoms with E-state index in [4.69, 9.17) is 0 Å². The van der Waals surface area contributed by atoms with Crippen LogP contribution in [0.5, 0.6) is 0 Å². The first-order valence-corrected chi connectivity index (χ1v) is 10.6. The minimum Gasteiger partial charge on any atom is -0.392 e. The van der Waals surface area contributed by atoms with Gasteiger partial charge in [-0.15, -0.1) is 0 Å². The van der Waals surface area contributed by atoms with Gasteiger partial charge in [0.15, 0.2) is 0 Å². The number of fused-ring (bicyclic) bond motifs is 1. The van der Waals surface area contributed by atoms with E-state index >= 15 is 0 Å². The van der Waals surface area contributed by atoms with E-state index in [1.54, 1.807) is 6.20 Å². The number of benzene rings is 2. The lowest BCUT2D eigenvalue weighted by Crippen LogP contribution is -2.06. The number of aromatic amines is 2. The number of rotatable bonds is 6. The SMILES string of the molecule is C=C(c1c(F)ccc(CO)c1F)c1c[nH]c2cc(C(F)(F)F)cc(-c3[nH]ncc3C(C)CC)c12. The monoisotopic (exact) mass is 475 g/mol. The van der Waals surface area contributed by atoms with Crippen molar-refractivity contribution in [2.24, 2.45) is 0 Å². The number of nitrogens with zero attached hydrogens (tertiary/aromatic N) is 1. The zero-order valence-electron chi connectivity index (χ0n) is 18.4. The van der Waals surface area contributed by atoms with Gasteiger partial charge in [0.25, 0.3) is 0 Å². The van der Waals surface area contributed by atoms with Crippen LogP contribution in [0.3, 0.4) is 0 Å². The molecule has 0 saturated carbocycles. The van der Waals surface area contributed by atoms with Crippen molar-refractivity contribution >= 4 is 16.5 Å². The van der Waals surface area contributed by atoms with Crippen molar-refractivity contribution in [1.29, 1.82) is 0 Å². The molecule has 1 atom stereocenters. The Kier molecular flexibility index (Phi) is 6.07. The Balaban J connectivity index is 2.03. The van der Waals surface area contributed by atoms with Crippen LogP contribution in [0.4, 0.5) is 22.0 Å². The molecule has 0 aliphatic heterocycles. The average Bonchev–Trinajstić information content (AvgIpc) is 3.45. The largest absolute Gasteiger partial charge is 0.416 e. The zero-order valence-corrected chi connectivity index (χ0v) is 18.4. The number of alkyl halides is 3. The maximum absolute atomic E-state index is 15.0. The first-order valence-electron chi connectivity index (χ1n) is 10.6. The summed E-state index contributed by atoms with van der Waals surface area (Å²) < 4.78 is 70.7. The molecule has 0 radical (unpaired) electrons. The predicted octanol–water partition coefficient (Wildman–Crippen LogP) is 6.92. The summed E-state index contributed by atoms with van der Waals surface area (Å²) in [6, 6.07) is 4.10. The smallest absolute Gasteiger partial charge is 0.392 e. The lowest BCUT2D eigenvalue weighted by atomic mass is 9.90. The number of H-pyrrole nitrogens is 2. The molecule has 178 valence electrons. The van der Waals surface area contributed by atoms with Crippen molar-refractivity contribution in [2.75, 3.05) is 0 Å². The Morgan fingerprint density at radius 2 is 1.94 bits per heavy atom. The maximum Gasteiger partial charge on any atom is 0.416 e. The molecule has 9 heteroatoms. The molecular formula is C25H22F5N3O. The number of hydrogen-bond acceptors (Lipinski definition) is 2. The molecule has 0 amide bonds. The molecular weight excluding hydrogens is 453 g/mol. The van der Waals surface area contributed by atoms with E-state index in [9.17, 15) is 27.1 Å². The molecule has 4 nitrogen and oxygen atoms in total. The molecule has 0 aliphatic rings. The normalized spacial score (nSPS) is 12.9. The van der Waals surface area contributed by atoms with Crippen molar-refractivity contribution in [1.82, 2.24) is 15.2 Å². The minimum atomic E-state index is -4.62. The fourth-order valence-corrected chi connectivity index (χ4v) is 4.10. The Morgan fingerprint density at radius 1 is 1.21 bits per heavy atom. The fourth-order valence-electron chi connectivity index (χ4n) is 4.10. The van der Waals surface area contributed by atoms with Crippen LogP contribution in [0.2, 0.25) is 0 Å². The molecule has 2 aromatic carbocycles. The van der Waals surface area contributed by atoms with Crippen molar-refractivity contribution in [3.05, 3.63) is 82.7 Å². The Morgan fingerprint density at radius 3 is 2.59 bits per heavy atom. The second-order valence-electron chi connectivity index (χ2n) is 8.19. The van der Waals surface area contributed by atoms with E-state index in [1.807, 2.05) is 13.8 Å². The van der Waals surface area contributed by atoms with E-state index in [0.717, 1.165) is 36.2 Å². The van der Waals surface area contributed by atoms with E-state index < -0.39 is 35.5 Å². The summed E-state index contributed by atoms with van der Waals surface area (Å²) in [6.07, 6.45) is -0.942. The van der Waals surface area contributed by atoms with Crippen LogP contribution in [0.1, 0.15) is 54.0 Å². The molecule has 1 unspecified atom stereocenters. The third-order valence-electron chi connectivity index (χ3n) is 6.16. The number of aliphatic hydroxyl groups is 1. The Labute approximate surface area is 192 Å². The minimum absolute atomic E-state index is 0.0000563. The maximum atomic E-state index is 15.0. The van der Waals surface area contributed by atoms with Crippen molar-refractivity contribution in [3.8, 4) is 11.3 Å². The number of hydrogen-bond donors (Lipinski definition) is 3. The molecule has 0 saturated heterocycles. The number of halogens is 5. The molecule has 0 spiro atoms. The van der Waals surface area contributed by atoms with Gasteiger partial charge in [-0.2, -0.15) is 18.3 Å². The van der Waals surface area contributed by atoms with Crippen LogP contribution >= 0.6 is 0 Å². The Bertz CT molecular complexity index is 1380. The quantitative estimate of drug-likeness (QED) is 0.265. The molecule has 3 N–H and O–H groups in total. The number of aliphatic hydroxyl groups excluding tert-OH is 1. The second-order valence-corrected chi connectivity index (χ2v) is 8.19. The predicted molar refractivity (Wildman–Crippen MR) is 120 cm³/mol. The highest BCUT2D eigenvalue weighted by atomic mass is 19.4.